The Hall–Kier alpha value is -2.79. The first-order valence-corrected chi connectivity index (χ1v) is 9.93. The maximum absolute atomic E-state index is 14.7. The predicted molar refractivity (Wildman–Crippen MR) is 113 cm³/mol. The second kappa shape index (κ2) is 8.70. The van der Waals surface area contributed by atoms with E-state index >= 15 is 0 Å². The lowest BCUT2D eigenvalue weighted by atomic mass is 10.2. The molecule has 1 aromatic heterocycles. The molecule has 0 aliphatic carbocycles. The molecule has 0 radical (unpaired) electrons. The third-order valence-electron chi connectivity index (χ3n) is 4.33. The number of anilines is 2. The molecule has 11 heteroatoms. The molecule has 3 rings (SSSR count). The molecule has 2 aromatic rings. The van der Waals surface area contributed by atoms with Gasteiger partial charge in [-0.2, -0.15) is 0 Å². The average molecular weight is 439 g/mol. The third-order valence-corrected chi connectivity index (χ3v) is 5.49. The number of nitrogens with zero attached hydrogens (tertiary/aromatic N) is 3. The Morgan fingerprint density at radius 2 is 2.24 bits per heavy atom. The normalized spacial score (nSPS) is 15.9. The summed E-state index contributed by atoms with van der Waals surface area (Å²) in [6.45, 7) is 2.75. The molecule has 1 aliphatic heterocycles. The van der Waals surface area contributed by atoms with E-state index in [2.05, 4.69) is 5.32 Å². The van der Waals surface area contributed by atoms with Gasteiger partial charge in [-0.25, -0.2) is 9.18 Å². The van der Waals surface area contributed by atoms with Gasteiger partial charge in [0.25, 0.3) is 0 Å². The van der Waals surface area contributed by atoms with E-state index in [1.165, 1.54) is 17.0 Å². The number of nitrogens with one attached hydrogen (secondary N) is 1. The summed E-state index contributed by atoms with van der Waals surface area (Å²) >= 11 is 6.00. The number of benzene rings is 1. The number of nitro groups is 1. The van der Waals surface area contributed by atoms with E-state index in [1.54, 1.807) is 37.1 Å². The number of hydrogen-bond acceptors (Lipinski definition) is 7. The number of hydrogen-bond donors (Lipinski definition) is 1. The van der Waals surface area contributed by atoms with E-state index in [4.69, 9.17) is 17.0 Å². The summed E-state index contributed by atoms with van der Waals surface area (Å²) in [7, 11) is 1.70. The molecule has 0 bridgehead atoms. The van der Waals surface area contributed by atoms with Crippen LogP contribution in [0.25, 0.3) is 0 Å². The van der Waals surface area contributed by atoms with Crippen molar-refractivity contribution in [2.45, 2.75) is 19.6 Å². The van der Waals surface area contributed by atoms with Gasteiger partial charge in [0.1, 0.15) is 11.9 Å². The lowest BCUT2D eigenvalue weighted by Gasteiger charge is -2.21. The van der Waals surface area contributed by atoms with E-state index in [0.29, 0.717) is 36.0 Å². The molecule has 1 aliphatic rings. The summed E-state index contributed by atoms with van der Waals surface area (Å²) in [6, 6.07) is 7.59. The first kappa shape index (κ1) is 20.9. The van der Waals surface area contributed by atoms with E-state index in [1.807, 2.05) is 0 Å². The van der Waals surface area contributed by atoms with Gasteiger partial charge in [0.2, 0.25) is 0 Å². The Morgan fingerprint density at radius 1 is 1.48 bits per heavy atom. The smallest absolute Gasteiger partial charge is 0.414 e. The summed E-state index contributed by atoms with van der Waals surface area (Å²) in [4.78, 5) is 26.9. The first-order chi connectivity index (χ1) is 13.7. The van der Waals surface area contributed by atoms with Gasteiger partial charge in [0.15, 0.2) is 0 Å². The number of carbonyl (C=O) groups excluding carboxylic acids is 1. The SMILES string of the molecule is CC(=S)NCC1CN(c2ccc(N(C)Cc3ccc([N+](=O)[O-])s3)c(F)c2)C(=O)O1. The number of halogens is 1. The highest BCUT2D eigenvalue weighted by atomic mass is 32.1. The van der Waals surface area contributed by atoms with Crippen LogP contribution in [0.5, 0.6) is 0 Å². The minimum absolute atomic E-state index is 0.0460. The maximum Gasteiger partial charge on any atom is 0.414 e. The second-order valence-electron chi connectivity index (χ2n) is 6.54. The molecule has 0 saturated carbocycles. The molecule has 1 atom stereocenters. The molecule has 2 heterocycles. The standard InChI is InChI=1S/C18H19FN4O4S2/c1-11(28)20-8-13-9-22(18(24)27-13)12-3-5-16(15(19)7-12)21(2)10-14-4-6-17(29-14)23(25)26/h3-7,13H,8-10H2,1-2H3,(H,20,28). The molecule has 1 unspecified atom stereocenters. The highest BCUT2D eigenvalue weighted by Gasteiger charge is 2.32. The van der Waals surface area contributed by atoms with Crippen LogP contribution in [-0.2, 0) is 11.3 Å². The largest absolute Gasteiger partial charge is 0.442 e. The predicted octanol–water partition coefficient (Wildman–Crippen LogP) is 3.69. The molecule has 154 valence electrons. The quantitative estimate of drug-likeness (QED) is 0.401. The van der Waals surface area contributed by atoms with Gasteiger partial charge in [0.05, 0.1) is 40.9 Å². The number of amides is 1. The van der Waals surface area contributed by atoms with Crippen molar-refractivity contribution in [3.63, 3.8) is 0 Å². The van der Waals surface area contributed by atoms with Crippen molar-refractivity contribution in [3.8, 4) is 0 Å². The van der Waals surface area contributed by atoms with E-state index < -0.39 is 16.8 Å². The highest BCUT2D eigenvalue weighted by Crippen LogP contribution is 2.30. The zero-order chi connectivity index (χ0) is 21.1. The summed E-state index contributed by atoms with van der Waals surface area (Å²) in [6.07, 6.45) is -0.911. The molecule has 1 fully saturated rings. The number of cyclic esters (lactones) is 1. The Balaban J connectivity index is 1.68. The fourth-order valence-corrected chi connectivity index (χ4v) is 3.89. The number of carbonyl (C=O) groups is 1. The summed E-state index contributed by atoms with van der Waals surface area (Å²) in [5.74, 6) is -0.500. The zero-order valence-electron chi connectivity index (χ0n) is 15.8. The van der Waals surface area contributed by atoms with Crippen LogP contribution in [0, 0.1) is 15.9 Å². The minimum atomic E-state index is -0.537. The topological polar surface area (TPSA) is 88.0 Å². The molecule has 1 aromatic carbocycles. The van der Waals surface area contributed by atoms with Gasteiger partial charge >= 0.3 is 11.1 Å². The summed E-state index contributed by atoms with van der Waals surface area (Å²) in [5, 5.41) is 13.8. The third kappa shape index (κ3) is 4.98. The molecule has 1 saturated heterocycles. The van der Waals surface area contributed by atoms with Crippen LogP contribution in [0.4, 0.5) is 25.6 Å². The van der Waals surface area contributed by atoms with Crippen molar-refractivity contribution >= 4 is 51.0 Å². The van der Waals surface area contributed by atoms with Gasteiger partial charge in [-0.1, -0.05) is 23.6 Å². The number of thiophene rings is 1. The van der Waals surface area contributed by atoms with Gasteiger partial charge < -0.3 is 15.0 Å². The molecular weight excluding hydrogens is 419 g/mol. The van der Waals surface area contributed by atoms with Crippen molar-refractivity contribution < 1.29 is 18.8 Å². The van der Waals surface area contributed by atoms with Crippen LogP contribution in [0.1, 0.15) is 11.8 Å². The fraction of sp³-hybridized carbons (Fsp3) is 0.333. The molecule has 1 amide bonds. The van der Waals surface area contributed by atoms with Crippen molar-refractivity contribution in [1.82, 2.24) is 5.32 Å². The van der Waals surface area contributed by atoms with Crippen LogP contribution in [0.15, 0.2) is 30.3 Å². The van der Waals surface area contributed by atoms with Gasteiger partial charge in [-0.3, -0.25) is 15.0 Å². The van der Waals surface area contributed by atoms with Crippen molar-refractivity contribution in [2.24, 2.45) is 0 Å². The highest BCUT2D eigenvalue weighted by molar-refractivity contribution is 7.80. The van der Waals surface area contributed by atoms with Crippen LogP contribution in [0.3, 0.4) is 0 Å². The Kier molecular flexibility index (Phi) is 6.28. The Labute approximate surface area is 176 Å². The molecule has 8 nitrogen and oxygen atoms in total. The molecule has 0 spiro atoms. The van der Waals surface area contributed by atoms with Gasteiger partial charge in [0, 0.05) is 18.0 Å². The number of ether oxygens (including phenoxy) is 1. The molecule has 1 N–H and O–H groups in total. The summed E-state index contributed by atoms with van der Waals surface area (Å²) in [5.41, 5.74) is 0.727. The number of rotatable bonds is 7. The van der Waals surface area contributed by atoms with Crippen LogP contribution >= 0.6 is 23.6 Å². The number of thiocarbonyl (C=S) groups is 1. The summed E-state index contributed by atoms with van der Waals surface area (Å²) < 4.78 is 20.0. The van der Waals surface area contributed by atoms with Crippen LogP contribution < -0.4 is 15.1 Å². The molecule has 29 heavy (non-hydrogen) atoms. The Bertz CT molecular complexity index is 952. The monoisotopic (exact) mass is 438 g/mol. The lowest BCUT2D eigenvalue weighted by molar-refractivity contribution is -0.380. The second-order valence-corrected chi connectivity index (χ2v) is 8.30. The minimum Gasteiger partial charge on any atom is -0.442 e. The van der Waals surface area contributed by atoms with E-state index in [9.17, 15) is 19.3 Å². The lowest BCUT2D eigenvalue weighted by Crippen LogP contribution is -2.32. The Morgan fingerprint density at radius 3 is 2.86 bits per heavy atom. The van der Waals surface area contributed by atoms with Gasteiger partial charge in [-0.05, 0) is 31.2 Å². The molecular formula is C18H19FN4O4S2. The fourth-order valence-electron chi connectivity index (χ4n) is 2.94. The van der Waals surface area contributed by atoms with E-state index in [-0.39, 0.29) is 11.1 Å². The maximum atomic E-state index is 14.7. The van der Waals surface area contributed by atoms with Crippen LogP contribution in [-0.4, -0.2) is 42.2 Å². The van der Waals surface area contributed by atoms with Crippen molar-refractivity contribution in [1.29, 1.82) is 0 Å². The van der Waals surface area contributed by atoms with Crippen LogP contribution in [0.2, 0.25) is 0 Å². The average Bonchev–Trinajstić information content (AvgIpc) is 3.26. The first-order valence-electron chi connectivity index (χ1n) is 8.71. The van der Waals surface area contributed by atoms with Crippen molar-refractivity contribution in [3.05, 3.63) is 51.1 Å². The van der Waals surface area contributed by atoms with Gasteiger partial charge in [-0.15, -0.1) is 0 Å². The van der Waals surface area contributed by atoms with Crippen molar-refractivity contribution in [2.75, 3.05) is 29.9 Å². The zero-order valence-corrected chi connectivity index (χ0v) is 17.4. The van der Waals surface area contributed by atoms with E-state index in [0.717, 1.165) is 16.2 Å².